The average molecular weight is 316 g/mol. The summed E-state index contributed by atoms with van der Waals surface area (Å²) in [5.41, 5.74) is 3.68. The fraction of sp³-hybridized carbons (Fsp3) is 0.130. The van der Waals surface area contributed by atoms with Gasteiger partial charge in [0.15, 0.2) is 0 Å². The van der Waals surface area contributed by atoms with Crippen molar-refractivity contribution >= 4 is 5.57 Å². The van der Waals surface area contributed by atoms with Crippen molar-refractivity contribution in [2.24, 2.45) is 0 Å². The fourth-order valence-corrected chi connectivity index (χ4v) is 3.02. The van der Waals surface area contributed by atoms with Crippen LogP contribution in [0.5, 0.6) is 0 Å². The summed E-state index contributed by atoms with van der Waals surface area (Å²) in [5.74, 6) is 0.0165. The van der Waals surface area contributed by atoms with E-state index in [1.807, 2.05) is 66.7 Å². The maximum absolute atomic E-state index is 15.0. The summed E-state index contributed by atoms with van der Waals surface area (Å²) >= 11 is 0. The van der Waals surface area contributed by atoms with Crippen molar-refractivity contribution in [1.29, 1.82) is 0 Å². The Bertz CT molecular complexity index is 723. The quantitative estimate of drug-likeness (QED) is 0.503. The first-order valence-corrected chi connectivity index (χ1v) is 8.24. The number of rotatable bonds is 6. The minimum Gasteiger partial charge on any atom is -0.242 e. The van der Waals surface area contributed by atoms with Gasteiger partial charge in [0.2, 0.25) is 0 Å². The van der Waals surface area contributed by atoms with Gasteiger partial charge in [-0.05, 0) is 28.7 Å². The van der Waals surface area contributed by atoms with E-state index >= 15 is 4.39 Å². The van der Waals surface area contributed by atoms with Gasteiger partial charge in [-0.2, -0.15) is 0 Å². The Morgan fingerprint density at radius 2 is 1.12 bits per heavy atom. The van der Waals surface area contributed by atoms with Crippen LogP contribution in [-0.4, -0.2) is 6.17 Å². The molecular formula is C23H21F. The Labute approximate surface area is 143 Å². The highest BCUT2D eigenvalue weighted by molar-refractivity contribution is 5.66. The van der Waals surface area contributed by atoms with Crippen molar-refractivity contribution < 1.29 is 4.39 Å². The molecule has 3 aromatic rings. The lowest BCUT2D eigenvalue weighted by molar-refractivity contribution is 0.376. The summed E-state index contributed by atoms with van der Waals surface area (Å²) in [4.78, 5) is 0. The lowest BCUT2D eigenvalue weighted by Gasteiger charge is -2.21. The van der Waals surface area contributed by atoms with Crippen LogP contribution in [0, 0.1) is 0 Å². The lowest BCUT2D eigenvalue weighted by Crippen LogP contribution is -2.11. The van der Waals surface area contributed by atoms with Crippen LogP contribution in [-0.2, 0) is 0 Å². The number of hydrogen-bond acceptors (Lipinski definition) is 0. The molecule has 0 radical (unpaired) electrons. The SMILES string of the molecule is C=C(c1ccccc1)[C@@H](F)CC(c1ccccc1)c1ccccc1. The molecule has 3 rings (SSSR count). The molecule has 0 saturated heterocycles. The summed E-state index contributed by atoms with van der Waals surface area (Å²) in [7, 11) is 0. The normalized spacial score (nSPS) is 12.1. The van der Waals surface area contributed by atoms with Gasteiger partial charge in [-0.15, -0.1) is 0 Å². The molecule has 0 heterocycles. The molecule has 0 N–H and O–H groups in total. The number of halogens is 1. The molecule has 1 heteroatoms. The summed E-state index contributed by atoms with van der Waals surface area (Å²) in [6.45, 7) is 3.99. The van der Waals surface area contributed by atoms with E-state index in [1.54, 1.807) is 0 Å². The van der Waals surface area contributed by atoms with E-state index in [4.69, 9.17) is 0 Å². The molecule has 1 atom stereocenters. The van der Waals surface area contributed by atoms with Gasteiger partial charge in [0.05, 0.1) is 0 Å². The van der Waals surface area contributed by atoms with Gasteiger partial charge in [0.25, 0.3) is 0 Å². The topological polar surface area (TPSA) is 0 Å². The van der Waals surface area contributed by atoms with Gasteiger partial charge >= 0.3 is 0 Å². The van der Waals surface area contributed by atoms with Crippen LogP contribution < -0.4 is 0 Å². The average Bonchev–Trinajstić information content (AvgIpc) is 2.67. The van der Waals surface area contributed by atoms with Crippen LogP contribution in [0.4, 0.5) is 4.39 Å². The van der Waals surface area contributed by atoms with Crippen LogP contribution in [0.25, 0.3) is 5.57 Å². The Hall–Kier alpha value is -2.67. The molecule has 0 aliphatic carbocycles. The van der Waals surface area contributed by atoms with E-state index in [-0.39, 0.29) is 5.92 Å². The first-order chi connectivity index (χ1) is 11.8. The number of allylic oxidation sites excluding steroid dienone is 1. The van der Waals surface area contributed by atoms with E-state index in [0.717, 1.165) is 16.7 Å². The van der Waals surface area contributed by atoms with Crippen molar-refractivity contribution in [1.82, 2.24) is 0 Å². The van der Waals surface area contributed by atoms with Gasteiger partial charge in [-0.1, -0.05) is 97.6 Å². The van der Waals surface area contributed by atoms with Gasteiger partial charge < -0.3 is 0 Å². The molecule has 120 valence electrons. The molecule has 0 nitrogen and oxygen atoms in total. The Morgan fingerprint density at radius 1 is 0.708 bits per heavy atom. The van der Waals surface area contributed by atoms with Crippen LogP contribution >= 0.6 is 0 Å². The zero-order chi connectivity index (χ0) is 16.8. The highest BCUT2D eigenvalue weighted by Gasteiger charge is 2.22. The van der Waals surface area contributed by atoms with Gasteiger partial charge in [0.1, 0.15) is 6.17 Å². The third-order valence-corrected chi connectivity index (χ3v) is 4.37. The summed E-state index contributed by atoms with van der Waals surface area (Å²) in [6, 6.07) is 29.8. The highest BCUT2D eigenvalue weighted by atomic mass is 19.1. The van der Waals surface area contributed by atoms with E-state index in [0.29, 0.717) is 12.0 Å². The minimum atomic E-state index is -1.09. The van der Waals surface area contributed by atoms with Crippen molar-refractivity contribution in [3.05, 3.63) is 114 Å². The van der Waals surface area contributed by atoms with Gasteiger partial charge in [-0.25, -0.2) is 4.39 Å². The van der Waals surface area contributed by atoms with Crippen LogP contribution in [0.2, 0.25) is 0 Å². The number of benzene rings is 3. The Kier molecular flexibility index (Phi) is 5.22. The fourth-order valence-electron chi connectivity index (χ4n) is 3.02. The molecule has 0 spiro atoms. The van der Waals surface area contributed by atoms with E-state index in [9.17, 15) is 0 Å². The zero-order valence-electron chi connectivity index (χ0n) is 13.6. The largest absolute Gasteiger partial charge is 0.242 e. The number of hydrogen-bond donors (Lipinski definition) is 0. The predicted octanol–water partition coefficient (Wildman–Crippen LogP) is 6.26. The van der Waals surface area contributed by atoms with Crippen molar-refractivity contribution in [2.45, 2.75) is 18.5 Å². The van der Waals surface area contributed by atoms with E-state index < -0.39 is 6.17 Å². The predicted molar refractivity (Wildman–Crippen MR) is 99.7 cm³/mol. The van der Waals surface area contributed by atoms with Crippen LogP contribution in [0.3, 0.4) is 0 Å². The zero-order valence-corrected chi connectivity index (χ0v) is 13.6. The van der Waals surface area contributed by atoms with E-state index in [2.05, 4.69) is 30.8 Å². The Morgan fingerprint density at radius 3 is 1.58 bits per heavy atom. The van der Waals surface area contributed by atoms with E-state index in [1.165, 1.54) is 0 Å². The summed E-state index contributed by atoms with van der Waals surface area (Å²) in [5, 5.41) is 0. The smallest absolute Gasteiger partial charge is 0.126 e. The minimum absolute atomic E-state index is 0.0165. The number of alkyl halides is 1. The molecule has 0 aliphatic rings. The molecule has 0 unspecified atom stereocenters. The molecule has 0 fully saturated rings. The molecule has 0 amide bonds. The molecule has 0 saturated carbocycles. The summed E-state index contributed by atoms with van der Waals surface area (Å²) < 4.78 is 15.0. The molecule has 0 aliphatic heterocycles. The monoisotopic (exact) mass is 316 g/mol. The summed E-state index contributed by atoms with van der Waals surface area (Å²) in [6.07, 6.45) is -0.695. The van der Waals surface area contributed by atoms with Crippen LogP contribution in [0.1, 0.15) is 29.0 Å². The molecule has 24 heavy (non-hydrogen) atoms. The first-order valence-electron chi connectivity index (χ1n) is 8.24. The van der Waals surface area contributed by atoms with Gasteiger partial charge in [-0.3, -0.25) is 0 Å². The lowest BCUT2D eigenvalue weighted by atomic mass is 9.85. The molecule has 0 aromatic heterocycles. The second-order valence-corrected chi connectivity index (χ2v) is 5.97. The third kappa shape index (κ3) is 3.80. The standard InChI is InChI=1S/C23H21F/c1-18(19-11-5-2-6-12-19)23(24)17-22(20-13-7-3-8-14-20)21-15-9-4-10-16-21/h2-16,22-23H,1,17H2/t23-/m0/s1. The first kappa shape index (κ1) is 16.2. The van der Waals surface area contributed by atoms with Gasteiger partial charge in [0, 0.05) is 5.92 Å². The van der Waals surface area contributed by atoms with Crippen LogP contribution in [0.15, 0.2) is 97.6 Å². The third-order valence-electron chi connectivity index (χ3n) is 4.37. The second kappa shape index (κ2) is 7.74. The maximum Gasteiger partial charge on any atom is 0.126 e. The maximum atomic E-state index is 15.0. The molecule has 3 aromatic carbocycles. The Balaban J connectivity index is 1.86. The van der Waals surface area contributed by atoms with Crippen molar-refractivity contribution in [3.8, 4) is 0 Å². The van der Waals surface area contributed by atoms with Crippen molar-refractivity contribution in [2.75, 3.05) is 0 Å². The second-order valence-electron chi connectivity index (χ2n) is 5.97. The highest BCUT2D eigenvalue weighted by Crippen LogP contribution is 2.33. The molecular weight excluding hydrogens is 295 g/mol. The van der Waals surface area contributed by atoms with Crippen molar-refractivity contribution in [3.63, 3.8) is 0 Å². The molecule has 0 bridgehead atoms.